The average molecular weight is 607 g/mol. The summed E-state index contributed by atoms with van der Waals surface area (Å²) in [5.74, 6) is 0. The molecule has 0 aromatic rings. The molecule has 256 valence electrons. The minimum absolute atomic E-state index is 0.483. The number of unbranched alkanes of at least 4 members (excludes halogenated alkanes) is 20. The van der Waals surface area contributed by atoms with Gasteiger partial charge in [0.05, 0.1) is 24.4 Å². The molecule has 4 unspecified atom stereocenters. The Bertz CT molecular complexity index is 510. The van der Waals surface area contributed by atoms with E-state index in [-0.39, 0.29) is 0 Å². The zero-order chi connectivity index (χ0) is 30.5. The van der Waals surface area contributed by atoms with Crippen molar-refractivity contribution in [2.45, 2.75) is 244 Å². The summed E-state index contributed by atoms with van der Waals surface area (Å²) in [6, 6.07) is 0. The molecule has 2 aliphatic heterocycles. The highest BCUT2D eigenvalue weighted by molar-refractivity contribution is 4.70. The van der Waals surface area contributed by atoms with Crippen LogP contribution in [0.25, 0.3) is 0 Å². The summed E-state index contributed by atoms with van der Waals surface area (Å²) < 4.78 is 18.4. The van der Waals surface area contributed by atoms with Crippen LogP contribution in [0.1, 0.15) is 219 Å². The van der Waals surface area contributed by atoms with Crippen LogP contribution in [-0.2, 0) is 14.2 Å². The Hall–Kier alpha value is -0.120. The lowest BCUT2D eigenvalue weighted by molar-refractivity contribution is -0.0563. The van der Waals surface area contributed by atoms with E-state index in [0.29, 0.717) is 24.4 Å². The van der Waals surface area contributed by atoms with Crippen molar-refractivity contribution in [1.29, 1.82) is 0 Å². The maximum atomic E-state index is 7.07. The lowest BCUT2D eigenvalue weighted by Gasteiger charge is -2.27. The van der Waals surface area contributed by atoms with Crippen LogP contribution in [0.3, 0.4) is 0 Å². The molecule has 3 nitrogen and oxygen atoms in total. The predicted octanol–water partition coefficient (Wildman–Crippen LogP) is 13.1. The summed E-state index contributed by atoms with van der Waals surface area (Å²) in [7, 11) is 0. The highest BCUT2D eigenvalue weighted by Gasteiger charge is 2.20. The van der Waals surface area contributed by atoms with Crippen molar-refractivity contribution in [3.05, 3.63) is 0 Å². The molecule has 0 aliphatic carbocycles. The van der Waals surface area contributed by atoms with Gasteiger partial charge in [-0.3, -0.25) is 0 Å². The molecule has 43 heavy (non-hydrogen) atoms. The number of ether oxygens (including phenoxy) is 3. The van der Waals surface area contributed by atoms with Crippen molar-refractivity contribution in [3.8, 4) is 0 Å². The van der Waals surface area contributed by atoms with E-state index < -0.39 is 0 Å². The summed E-state index contributed by atoms with van der Waals surface area (Å²) >= 11 is 0. The minimum atomic E-state index is 0.483. The van der Waals surface area contributed by atoms with Crippen LogP contribution in [0.15, 0.2) is 0 Å². The first-order valence-electron chi connectivity index (χ1n) is 20.2. The highest BCUT2D eigenvalue weighted by Crippen LogP contribution is 2.25. The lowest BCUT2D eigenvalue weighted by atomic mass is 9.98. The largest absolute Gasteiger partial charge is 0.378 e. The maximum Gasteiger partial charge on any atom is 0.0597 e. The number of hydrogen-bond donors (Lipinski definition) is 0. The molecule has 0 saturated carbocycles. The van der Waals surface area contributed by atoms with Gasteiger partial charge in [0.15, 0.2) is 0 Å². The van der Waals surface area contributed by atoms with E-state index in [9.17, 15) is 0 Å². The zero-order valence-electron chi connectivity index (χ0n) is 29.6. The summed E-state index contributed by atoms with van der Waals surface area (Å²) in [4.78, 5) is 0. The maximum absolute atomic E-state index is 7.07. The van der Waals surface area contributed by atoms with Crippen molar-refractivity contribution in [3.63, 3.8) is 0 Å². The van der Waals surface area contributed by atoms with Gasteiger partial charge in [-0.2, -0.15) is 0 Å². The molecule has 2 heterocycles. The van der Waals surface area contributed by atoms with Crippen molar-refractivity contribution in [2.75, 3.05) is 13.2 Å². The quantitative estimate of drug-likeness (QED) is 0.0682. The van der Waals surface area contributed by atoms with E-state index in [1.54, 1.807) is 0 Å². The van der Waals surface area contributed by atoms with E-state index in [0.717, 1.165) is 13.2 Å². The highest BCUT2D eigenvalue weighted by atomic mass is 16.5. The van der Waals surface area contributed by atoms with Crippen molar-refractivity contribution in [1.82, 2.24) is 0 Å². The molecule has 0 aromatic heterocycles. The second-order valence-corrected chi connectivity index (χ2v) is 14.5. The van der Waals surface area contributed by atoms with E-state index in [4.69, 9.17) is 14.2 Å². The third-order valence-electron chi connectivity index (χ3n) is 10.3. The molecule has 2 rings (SSSR count). The van der Waals surface area contributed by atoms with Gasteiger partial charge in [0.25, 0.3) is 0 Å². The number of rotatable bonds is 34. The normalized spacial score (nSPS) is 19.7. The lowest BCUT2D eigenvalue weighted by Crippen LogP contribution is -2.26. The molecule has 3 heteroatoms. The van der Waals surface area contributed by atoms with Crippen LogP contribution in [-0.4, -0.2) is 37.6 Å². The van der Waals surface area contributed by atoms with Crippen molar-refractivity contribution >= 4 is 0 Å². The molecule has 0 radical (unpaired) electrons. The molecular weight excluding hydrogens is 528 g/mol. The summed E-state index contributed by atoms with van der Waals surface area (Å²) in [6.07, 6.45) is 45.8. The van der Waals surface area contributed by atoms with Crippen molar-refractivity contribution < 1.29 is 14.2 Å². The van der Waals surface area contributed by atoms with E-state index in [1.807, 2.05) is 0 Å². The first-order chi connectivity index (χ1) is 21.3. The van der Waals surface area contributed by atoms with Crippen LogP contribution in [0.5, 0.6) is 0 Å². The molecule has 2 aliphatic rings. The third kappa shape index (κ3) is 22.9. The monoisotopic (exact) mass is 607 g/mol. The zero-order valence-corrected chi connectivity index (χ0v) is 29.6. The Balaban J connectivity index is 1.71. The minimum Gasteiger partial charge on any atom is -0.378 e. The van der Waals surface area contributed by atoms with Gasteiger partial charge in [0, 0.05) is 13.2 Å². The molecule has 2 fully saturated rings. The van der Waals surface area contributed by atoms with E-state index in [1.165, 1.54) is 205 Å². The molecule has 0 aromatic carbocycles. The molecule has 0 bridgehead atoms. The Labute approximate surface area is 270 Å². The second kappa shape index (κ2) is 29.3. The summed E-state index contributed by atoms with van der Waals surface area (Å²) in [6.45, 7) is 6.62. The Morgan fingerprint density at radius 3 is 0.977 bits per heavy atom. The van der Waals surface area contributed by atoms with Crippen LogP contribution < -0.4 is 0 Å². The first-order valence-corrected chi connectivity index (χ1v) is 20.2. The first kappa shape index (κ1) is 39.1. The van der Waals surface area contributed by atoms with Gasteiger partial charge in [-0.1, -0.05) is 168 Å². The van der Waals surface area contributed by atoms with Gasteiger partial charge in [0.1, 0.15) is 0 Å². The van der Waals surface area contributed by atoms with Gasteiger partial charge in [-0.25, -0.2) is 0 Å². The van der Waals surface area contributed by atoms with Gasteiger partial charge in [-0.05, 0) is 51.4 Å². The average Bonchev–Trinajstić information content (AvgIpc) is 2.96. The standard InChI is InChI=1S/C40H78O3/c1-3-5-7-9-11-13-15-17-21-29-39(31-25-19-23-27-37-33-35-41-37)43-40(32-26-20-24-28-38-34-36-42-38)30-22-18-16-14-12-10-8-6-4-2/h37-40H,3-36H2,1-2H3. The smallest absolute Gasteiger partial charge is 0.0597 e. The molecule has 2 saturated heterocycles. The molecule has 0 amide bonds. The topological polar surface area (TPSA) is 27.7 Å². The molecule has 0 spiro atoms. The Kier molecular flexibility index (Phi) is 26.6. The Morgan fingerprint density at radius 2 is 0.698 bits per heavy atom. The van der Waals surface area contributed by atoms with E-state index in [2.05, 4.69) is 13.8 Å². The van der Waals surface area contributed by atoms with Gasteiger partial charge in [0.2, 0.25) is 0 Å². The predicted molar refractivity (Wildman–Crippen MR) is 187 cm³/mol. The number of hydrogen-bond acceptors (Lipinski definition) is 3. The SMILES string of the molecule is CCCCCCCCCCCC(CCCCCC1CCO1)OC(CCCCCCCCCCC)CCCCCC1CCO1. The summed E-state index contributed by atoms with van der Waals surface area (Å²) in [5, 5.41) is 0. The van der Waals surface area contributed by atoms with Gasteiger partial charge in [-0.15, -0.1) is 0 Å². The summed E-state index contributed by atoms with van der Waals surface area (Å²) in [5.41, 5.74) is 0. The Morgan fingerprint density at radius 1 is 0.419 bits per heavy atom. The molecular formula is C40H78O3. The fraction of sp³-hybridized carbons (Fsp3) is 1.00. The van der Waals surface area contributed by atoms with Crippen LogP contribution >= 0.6 is 0 Å². The van der Waals surface area contributed by atoms with Gasteiger partial charge >= 0.3 is 0 Å². The van der Waals surface area contributed by atoms with Crippen LogP contribution in [0.4, 0.5) is 0 Å². The van der Waals surface area contributed by atoms with Crippen LogP contribution in [0.2, 0.25) is 0 Å². The van der Waals surface area contributed by atoms with E-state index >= 15 is 0 Å². The second-order valence-electron chi connectivity index (χ2n) is 14.5. The fourth-order valence-corrected chi connectivity index (χ4v) is 7.06. The van der Waals surface area contributed by atoms with Gasteiger partial charge < -0.3 is 14.2 Å². The van der Waals surface area contributed by atoms with Crippen molar-refractivity contribution in [2.24, 2.45) is 0 Å². The fourth-order valence-electron chi connectivity index (χ4n) is 7.06. The molecule has 4 atom stereocenters. The van der Waals surface area contributed by atoms with Crippen LogP contribution in [0, 0.1) is 0 Å². The molecule has 0 N–H and O–H groups in total. The third-order valence-corrected chi connectivity index (χ3v) is 10.3.